The summed E-state index contributed by atoms with van der Waals surface area (Å²) in [6.45, 7) is 2.49. The number of nitrogens with one attached hydrogen (secondary N) is 2. The molecule has 35 heavy (non-hydrogen) atoms. The number of benzene rings is 2. The van der Waals surface area contributed by atoms with Gasteiger partial charge in [-0.2, -0.15) is 0 Å². The third kappa shape index (κ3) is 4.38. The highest BCUT2D eigenvalue weighted by Crippen LogP contribution is 2.44. The van der Waals surface area contributed by atoms with Crippen LogP contribution in [0.25, 0.3) is 11.0 Å². The van der Waals surface area contributed by atoms with Crippen LogP contribution < -0.4 is 10.1 Å². The zero-order valence-corrected chi connectivity index (χ0v) is 21.1. The van der Waals surface area contributed by atoms with Crippen LogP contribution in [0.3, 0.4) is 0 Å². The number of aromatic amines is 1. The number of fused-ring (bicyclic) bond motifs is 3. The lowest BCUT2D eigenvalue weighted by atomic mass is 9.97. The number of H-pyrrole nitrogens is 1. The van der Waals surface area contributed by atoms with E-state index in [1.165, 1.54) is 0 Å². The van der Waals surface area contributed by atoms with Gasteiger partial charge in [-0.25, -0.2) is 9.98 Å². The van der Waals surface area contributed by atoms with E-state index in [1.807, 2.05) is 43.5 Å². The lowest BCUT2D eigenvalue weighted by Gasteiger charge is -2.36. The molecule has 1 aliphatic heterocycles. The highest BCUT2D eigenvalue weighted by Gasteiger charge is 2.36. The van der Waals surface area contributed by atoms with Crippen molar-refractivity contribution < 1.29 is 14.6 Å². The molecule has 2 aromatic heterocycles. The maximum atomic E-state index is 11.4. The predicted octanol–water partition coefficient (Wildman–Crippen LogP) is 6.31. The average Bonchev–Trinajstić information content (AvgIpc) is 3.29. The van der Waals surface area contributed by atoms with Crippen LogP contribution in [-0.4, -0.2) is 45.6 Å². The first-order valence-corrected chi connectivity index (χ1v) is 12.6. The van der Waals surface area contributed by atoms with Crippen molar-refractivity contribution >= 4 is 50.8 Å². The number of methoxy groups -OCH3 is 1. The second kappa shape index (κ2) is 9.54. The molecule has 0 spiro atoms. The highest BCUT2D eigenvalue weighted by molar-refractivity contribution is 8.13. The van der Waals surface area contributed by atoms with Gasteiger partial charge in [-0.1, -0.05) is 35.9 Å². The average molecular weight is 509 g/mol. The molecule has 2 atom stereocenters. The maximum absolute atomic E-state index is 11.4. The predicted molar refractivity (Wildman–Crippen MR) is 143 cm³/mol. The Morgan fingerprint density at radius 3 is 2.66 bits per heavy atom. The van der Waals surface area contributed by atoms with Crippen molar-refractivity contribution in [2.24, 2.45) is 4.99 Å². The van der Waals surface area contributed by atoms with E-state index in [4.69, 9.17) is 26.1 Å². The smallest absolute Gasteiger partial charge is 0.139 e. The molecule has 0 bridgehead atoms. The van der Waals surface area contributed by atoms with Crippen molar-refractivity contribution in [3.8, 4) is 11.5 Å². The number of thioether (sulfide) groups is 1. The number of hydrogen-bond donors (Lipinski definition) is 3. The molecule has 1 aliphatic rings. The van der Waals surface area contributed by atoms with E-state index in [2.05, 4.69) is 15.3 Å². The van der Waals surface area contributed by atoms with Crippen molar-refractivity contribution in [2.75, 3.05) is 25.3 Å². The quantitative estimate of drug-likeness (QED) is 0.282. The SMILES string of the molecule is COC[C@]1(C)Nc2c(cnc3[nH]cc(C(O)c4ccc(Oc5ccccc5)cc4Cl)c23)N=C1SC. The summed E-state index contributed by atoms with van der Waals surface area (Å²) < 4.78 is 11.4. The highest BCUT2D eigenvalue weighted by atomic mass is 35.5. The third-order valence-electron chi connectivity index (χ3n) is 5.97. The number of para-hydroxylation sites is 1. The van der Waals surface area contributed by atoms with Crippen molar-refractivity contribution in [1.82, 2.24) is 9.97 Å². The molecule has 0 saturated carbocycles. The number of aliphatic hydroxyl groups is 1. The van der Waals surface area contributed by atoms with Crippen LogP contribution >= 0.6 is 23.4 Å². The topological polar surface area (TPSA) is 91.8 Å². The Bertz CT molecular complexity index is 1410. The van der Waals surface area contributed by atoms with E-state index < -0.39 is 11.6 Å². The van der Waals surface area contributed by atoms with Crippen LogP contribution in [0.2, 0.25) is 5.02 Å². The van der Waals surface area contributed by atoms with Crippen molar-refractivity contribution in [2.45, 2.75) is 18.6 Å². The van der Waals surface area contributed by atoms with E-state index in [0.29, 0.717) is 45.6 Å². The lowest BCUT2D eigenvalue weighted by molar-refractivity contribution is 0.175. The molecule has 0 saturated heterocycles. The molecule has 0 amide bonds. The number of anilines is 1. The van der Waals surface area contributed by atoms with E-state index >= 15 is 0 Å². The molecular formula is C26H25ClN4O3S. The molecule has 7 nitrogen and oxygen atoms in total. The summed E-state index contributed by atoms with van der Waals surface area (Å²) in [6, 6.07) is 14.7. The fraction of sp³-hybridized carbons (Fsp3) is 0.231. The molecule has 4 aromatic rings. The van der Waals surface area contributed by atoms with Gasteiger partial charge in [-0.05, 0) is 37.4 Å². The standard InChI is InChI=1S/C26H25ClN4O3S/c1-26(14-33-2)25(35-3)30-20-13-29-24-21(22(20)31-26)18(12-28-24)23(32)17-10-9-16(11-19(17)27)34-15-7-5-4-6-8-15/h4-13,23,31-32H,14H2,1-3H3,(H,28,29)/t23?,26-/m0/s1. The minimum atomic E-state index is -0.989. The summed E-state index contributed by atoms with van der Waals surface area (Å²) in [5.41, 5.74) is 2.85. The van der Waals surface area contributed by atoms with Crippen LogP contribution in [-0.2, 0) is 4.74 Å². The van der Waals surface area contributed by atoms with Crippen molar-refractivity contribution in [3.05, 3.63) is 77.1 Å². The van der Waals surface area contributed by atoms with Crippen LogP contribution in [0.1, 0.15) is 24.2 Å². The van der Waals surface area contributed by atoms with Crippen molar-refractivity contribution in [1.29, 1.82) is 0 Å². The number of nitrogens with zero attached hydrogens (tertiary/aromatic N) is 2. The summed E-state index contributed by atoms with van der Waals surface area (Å²) in [5, 5.41) is 17.1. The molecule has 0 fully saturated rings. The van der Waals surface area contributed by atoms with Crippen LogP contribution in [0, 0.1) is 0 Å². The first-order chi connectivity index (χ1) is 16.9. The molecule has 3 heterocycles. The van der Waals surface area contributed by atoms with Gasteiger partial charge in [0.1, 0.15) is 39.5 Å². The lowest BCUT2D eigenvalue weighted by Crippen LogP contribution is -2.47. The van der Waals surface area contributed by atoms with Gasteiger partial charge in [0.15, 0.2) is 0 Å². The Kier molecular flexibility index (Phi) is 6.46. The van der Waals surface area contributed by atoms with E-state index in [1.54, 1.807) is 49.5 Å². The molecular weight excluding hydrogens is 484 g/mol. The number of aromatic nitrogens is 2. The first kappa shape index (κ1) is 23.7. The Hall–Kier alpha value is -3.04. The van der Waals surface area contributed by atoms with E-state index in [9.17, 15) is 5.11 Å². The number of halogens is 1. The maximum Gasteiger partial charge on any atom is 0.139 e. The fourth-order valence-corrected chi connectivity index (χ4v) is 5.37. The number of hydrogen-bond acceptors (Lipinski definition) is 7. The second-order valence-corrected chi connectivity index (χ2v) is 9.70. The molecule has 1 unspecified atom stereocenters. The van der Waals surface area contributed by atoms with Crippen LogP contribution in [0.5, 0.6) is 11.5 Å². The summed E-state index contributed by atoms with van der Waals surface area (Å²) in [7, 11) is 1.67. The third-order valence-corrected chi connectivity index (χ3v) is 7.23. The fourth-order valence-electron chi connectivity index (χ4n) is 4.34. The van der Waals surface area contributed by atoms with Gasteiger partial charge in [0.05, 0.1) is 28.9 Å². The summed E-state index contributed by atoms with van der Waals surface area (Å²) in [4.78, 5) is 12.5. The van der Waals surface area contributed by atoms with Gasteiger partial charge < -0.3 is 24.9 Å². The largest absolute Gasteiger partial charge is 0.457 e. The Morgan fingerprint density at radius 2 is 1.94 bits per heavy atom. The van der Waals surface area contributed by atoms with Crippen LogP contribution in [0.4, 0.5) is 11.4 Å². The van der Waals surface area contributed by atoms with Gasteiger partial charge in [0, 0.05) is 24.4 Å². The normalized spacial score (nSPS) is 18.0. The van der Waals surface area contributed by atoms with Crippen LogP contribution in [0.15, 0.2) is 65.9 Å². The minimum Gasteiger partial charge on any atom is -0.457 e. The first-order valence-electron chi connectivity index (χ1n) is 11.0. The monoisotopic (exact) mass is 508 g/mol. The van der Waals surface area contributed by atoms with E-state index in [-0.39, 0.29) is 0 Å². The Morgan fingerprint density at radius 1 is 1.14 bits per heavy atom. The molecule has 0 radical (unpaired) electrons. The number of ether oxygens (including phenoxy) is 2. The van der Waals surface area contributed by atoms with Gasteiger partial charge >= 0.3 is 0 Å². The molecule has 2 aromatic carbocycles. The van der Waals surface area contributed by atoms with Gasteiger partial charge in [0.25, 0.3) is 0 Å². The summed E-state index contributed by atoms with van der Waals surface area (Å²) in [6.07, 6.45) is 4.49. The summed E-state index contributed by atoms with van der Waals surface area (Å²) >= 11 is 8.17. The Labute approximate surface area is 212 Å². The summed E-state index contributed by atoms with van der Waals surface area (Å²) in [5.74, 6) is 1.30. The number of aliphatic imine (C=N–C) groups is 1. The van der Waals surface area contributed by atoms with Gasteiger partial charge in [-0.15, -0.1) is 11.8 Å². The van der Waals surface area contributed by atoms with Gasteiger partial charge in [0.2, 0.25) is 0 Å². The number of aliphatic hydroxyl groups excluding tert-OH is 1. The molecule has 0 aliphatic carbocycles. The van der Waals surface area contributed by atoms with Crippen molar-refractivity contribution in [3.63, 3.8) is 0 Å². The molecule has 180 valence electrons. The molecule has 5 rings (SSSR count). The zero-order chi connectivity index (χ0) is 24.6. The number of pyridine rings is 1. The second-order valence-electron chi connectivity index (χ2n) is 8.50. The zero-order valence-electron chi connectivity index (χ0n) is 19.5. The molecule has 3 N–H and O–H groups in total. The minimum absolute atomic E-state index is 0.401. The number of rotatable bonds is 6. The van der Waals surface area contributed by atoms with Gasteiger partial charge in [-0.3, -0.25) is 0 Å². The van der Waals surface area contributed by atoms with E-state index in [0.717, 1.165) is 16.1 Å². The Balaban J connectivity index is 1.53. The molecule has 9 heteroatoms.